The number of amides is 2. The zero-order valence-corrected chi connectivity index (χ0v) is 12.8. The third kappa shape index (κ3) is 3.80. The Labute approximate surface area is 134 Å². The van der Waals surface area contributed by atoms with Crippen LogP contribution in [0, 0.1) is 10.1 Å². The van der Waals surface area contributed by atoms with Crippen molar-refractivity contribution >= 4 is 51.8 Å². The van der Waals surface area contributed by atoms with Gasteiger partial charge in [0.25, 0.3) is 11.6 Å². The Morgan fingerprint density at radius 2 is 1.73 bits per heavy atom. The number of nitro groups is 1. The van der Waals surface area contributed by atoms with Crippen LogP contribution in [-0.4, -0.2) is 16.7 Å². The summed E-state index contributed by atoms with van der Waals surface area (Å²) in [6.07, 6.45) is 0. The molecule has 0 bridgehead atoms. The monoisotopic (exact) mass is 339 g/mol. The van der Waals surface area contributed by atoms with Crippen LogP contribution in [-0.2, 0) is 4.79 Å². The third-order valence-electron chi connectivity index (χ3n) is 2.55. The predicted octanol–water partition coefficient (Wildman–Crippen LogP) is 3.52. The van der Waals surface area contributed by atoms with E-state index in [1.54, 1.807) is 24.3 Å². The largest absolute Gasteiger partial charge is 0.326 e. The summed E-state index contributed by atoms with van der Waals surface area (Å²) in [6.45, 7) is 1.39. The van der Waals surface area contributed by atoms with E-state index in [-0.39, 0.29) is 20.8 Å². The van der Waals surface area contributed by atoms with Gasteiger partial charge < -0.3 is 10.6 Å². The number of anilines is 2. The van der Waals surface area contributed by atoms with Crippen LogP contribution in [0.3, 0.4) is 0 Å². The molecule has 0 aliphatic rings. The minimum atomic E-state index is -0.641. The highest BCUT2D eigenvalue weighted by Crippen LogP contribution is 2.34. The highest BCUT2D eigenvalue weighted by molar-refractivity contribution is 7.18. The number of carbonyl (C=O) groups excluding carboxylic acids is 2. The fourth-order valence-electron chi connectivity index (χ4n) is 1.63. The lowest BCUT2D eigenvalue weighted by Crippen LogP contribution is -2.10. The van der Waals surface area contributed by atoms with Gasteiger partial charge in [-0.1, -0.05) is 11.6 Å². The summed E-state index contributed by atoms with van der Waals surface area (Å²) >= 11 is 6.55. The van der Waals surface area contributed by atoms with Gasteiger partial charge in [0.15, 0.2) is 4.34 Å². The van der Waals surface area contributed by atoms with Crippen LogP contribution in [0.4, 0.5) is 17.1 Å². The van der Waals surface area contributed by atoms with Crippen molar-refractivity contribution in [2.45, 2.75) is 6.92 Å². The summed E-state index contributed by atoms with van der Waals surface area (Å²) in [5.74, 6) is -0.690. The van der Waals surface area contributed by atoms with Crippen molar-refractivity contribution in [3.8, 4) is 0 Å². The van der Waals surface area contributed by atoms with E-state index in [1.807, 2.05) is 0 Å². The molecule has 0 radical (unpaired) electrons. The van der Waals surface area contributed by atoms with E-state index in [2.05, 4.69) is 10.6 Å². The van der Waals surface area contributed by atoms with Gasteiger partial charge in [0.2, 0.25) is 5.91 Å². The number of halogens is 1. The maximum atomic E-state index is 12.0. The van der Waals surface area contributed by atoms with E-state index in [0.717, 1.165) is 17.4 Å². The number of rotatable bonds is 4. The smallest absolute Gasteiger partial charge is 0.299 e. The van der Waals surface area contributed by atoms with Crippen molar-refractivity contribution in [2.75, 3.05) is 10.6 Å². The molecule has 2 amide bonds. The van der Waals surface area contributed by atoms with E-state index < -0.39 is 10.8 Å². The summed E-state index contributed by atoms with van der Waals surface area (Å²) in [4.78, 5) is 33.1. The number of thiophene rings is 1. The van der Waals surface area contributed by atoms with Crippen LogP contribution in [0.25, 0.3) is 0 Å². The molecule has 9 heteroatoms. The molecule has 2 N–H and O–H groups in total. The maximum absolute atomic E-state index is 12.0. The third-order valence-corrected chi connectivity index (χ3v) is 3.89. The van der Waals surface area contributed by atoms with Crippen LogP contribution in [0.15, 0.2) is 30.3 Å². The molecule has 114 valence electrons. The number of carbonyl (C=O) groups is 2. The van der Waals surface area contributed by atoms with Gasteiger partial charge in [-0.25, -0.2) is 0 Å². The average molecular weight is 340 g/mol. The number of nitrogens with zero attached hydrogens (tertiary/aromatic N) is 1. The Balaban J connectivity index is 2.10. The van der Waals surface area contributed by atoms with Crippen molar-refractivity contribution < 1.29 is 14.5 Å². The van der Waals surface area contributed by atoms with Crippen LogP contribution >= 0.6 is 22.9 Å². The summed E-state index contributed by atoms with van der Waals surface area (Å²) in [6, 6.07) is 7.59. The topological polar surface area (TPSA) is 101 Å². The van der Waals surface area contributed by atoms with E-state index >= 15 is 0 Å². The van der Waals surface area contributed by atoms with Gasteiger partial charge in [0.1, 0.15) is 4.88 Å². The van der Waals surface area contributed by atoms with Gasteiger partial charge in [-0.2, -0.15) is 0 Å². The van der Waals surface area contributed by atoms with E-state index in [4.69, 9.17) is 11.6 Å². The van der Waals surface area contributed by atoms with Gasteiger partial charge in [-0.15, -0.1) is 11.3 Å². The summed E-state index contributed by atoms with van der Waals surface area (Å²) in [5, 5.41) is 15.9. The minimum absolute atomic E-state index is 0.0452. The molecular formula is C13H10ClN3O4S. The van der Waals surface area contributed by atoms with Crippen LogP contribution in [0.5, 0.6) is 0 Å². The van der Waals surface area contributed by atoms with Crippen LogP contribution < -0.4 is 10.6 Å². The second-order valence-electron chi connectivity index (χ2n) is 4.24. The Hall–Kier alpha value is -2.45. The van der Waals surface area contributed by atoms with Crippen molar-refractivity contribution in [1.82, 2.24) is 0 Å². The normalized spacial score (nSPS) is 10.1. The molecule has 22 heavy (non-hydrogen) atoms. The van der Waals surface area contributed by atoms with Crippen molar-refractivity contribution in [3.05, 3.63) is 49.7 Å². The highest BCUT2D eigenvalue weighted by atomic mass is 35.5. The van der Waals surface area contributed by atoms with Crippen molar-refractivity contribution in [1.29, 1.82) is 0 Å². The number of nitrogens with one attached hydrogen (secondary N) is 2. The van der Waals surface area contributed by atoms with Crippen molar-refractivity contribution in [2.24, 2.45) is 0 Å². The molecule has 1 heterocycles. The zero-order valence-electron chi connectivity index (χ0n) is 11.3. The zero-order chi connectivity index (χ0) is 16.3. The average Bonchev–Trinajstić information content (AvgIpc) is 2.83. The molecule has 2 rings (SSSR count). The fourth-order valence-corrected chi connectivity index (χ4v) is 2.75. The lowest BCUT2D eigenvalue weighted by Gasteiger charge is -2.05. The Morgan fingerprint density at radius 3 is 2.18 bits per heavy atom. The fraction of sp³-hybridized carbons (Fsp3) is 0.0769. The van der Waals surface area contributed by atoms with E-state index in [1.165, 1.54) is 6.92 Å². The SMILES string of the molecule is CC(=O)Nc1ccc(NC(=O)c2cc([N+](=O)[O-])c(Cl)s2)cc1. The number of hydrogen-bond acceptors (Lipinski definition) is 5. The molecule has 0 spiro atoms. The molecule has 0 aliphatic heterocycles. The second-order valence-corrected chi connectivity index (χ2v) is 5.89. The van der Waals surface area contributed by atoms with Gasteiger partial charge >= 0.3 is 0 Å². The van der Waals surface area contributed by atoms with Crippen LogP contribution in [0.2, 0.25) is 4.34 Å². The Morgan fingerprint density at radius 1 is 1.18 bits per heavy atom. The van der Waals surface area contributed by atoms with Gasteiger partial charge in [0, 0.05) is 24.4 Å². The molecular weight excluding hydrogens is 330 g/mol. The first-order chi connectivity index (χ1) is 10.4. The molecule has 0 atom stereocenters. The first-order valence-corrected chi connectivity index (χ1v) is 7.19. The highest BCUT2D eigenvalue weighted by Gasteiger charge is 2.21. The summed E-state index contributed by atoms with van der Waals surface area (Å²) < 4.78 is -0.0452. The lowest BCUT2D eigenvalue weighted by atomic mass is 10.2. The molecule has 1 aromatic heterocycles. The predicted molar refractivity (Wildman–Crippen MR) is 84.7 cm³/mol. The van der Waals surface area contributed by atoms with Crippen molar-refractivity contribution in [3.63, 3.8) is 0 Å². The molecule has 0 aliphatic carbocycles. The molecule has 0 saturated heterocycles. The summed E-state index contributed by atoms with van der Waals surface area (Å²) in [5.41, 5.74) is 0.796. The Kier molecular flexibility index (Phi) is 4.74. The van der Waals surface area contributed by atoms with Gasteiger partial charge in [-0.05, 0) is 24.3 Å². The number of hydrogen-bond donors (Lipinski definition) is 2. The first-order valence-electron chi connectivity index (χ1n) is 5.99. The number of benzene rings is 1. The quantitative estimate of drug-likeness (QED) is 0.657. The molecule has 0 unspecified atom stereocenters. The molecule has 1 aromatic carbocycles. The first kappa shape index (κ1) is 15.9. The minimum Gasteiger partial charge on any atom is -0.326 e. The Bertz CT molecular complexity index is 742. The summed E-state index contributed by atoms with van der Waals surface area (Å²) in [7, 11) is 0. The lowest BCUT2D eigenvalue weighted by molar-refractivity contribution is -0.384. The van der Waals surface area contributed by atoms with E-state index in [0.29, 0.717) is 11.4 Å². The standard InChI is InChI=1S/C13H10ClN3O4S/c1-7(18)15-8-2-4-9(5-3-8)16-13(19)11-6-10(17(20)21)12(14)22-11/h2-6H,1H3,(H,15,18)(H,16,19). The molecule has 7 nitrogen and oxygen atoms in total. The van der Waals surface area contributed by atoms with E-state index in [9.17, 15) is 19.7 Å². The van der Waals surface area contributed by atoms with Gasteiger partial charge in [-0.3, -0.25) is 19.7 Å². The van der Waals surface area contributed by atoms with Crippen LogP contribution in [0.1, 0.15) is 16.6 Å². The second kappa shape index (κ2) is 6.54. The maximum Gasteiger partial charge on any atom is 0.299 e. The van der Waals surface area contributed by atoms with Gasteiger partial charge in [0.05, 0.1) is 4.92 Å². The molecule has 0 fully saturated rings. The molecule has 0 saturated carbocycles. The molecule has 2 aromatic rings.